The number of rotatable bonds is 7. The Kier molecular flexibility index (Phi) is 5.62. The van der Waals surface area contributed by atoms with Gasteiger partial charge in [-0.05, 0) is 39.9 Å². The summed E-state index contributed by atoms with van der Waals surface area (Å²) in [5.41, 5.74) is -0.214. The SMILES string of the molecule is O=S(=O)(Cc1ccccc1Cl)NC[C@](O)(c1ccsc1)c1cccs1. The van der Waals surface area contributed by atoms with Gasteiger partial charge in [0.25, 0.3) is 0 Å². The number of benzene rings is 1. The van der Waals surface area contributed by atoms with Gasteiger partial charge in [-0.3, -0.25) is 0 Å². The summed E-state index contributed by atoms with van der Waals surface area (Å²) in [6, 6.07) is 12.2. The third kappa shape index (κ3) is 4.31. The van der Waals surface area contributed by atoms with Crippen molar-refractivity contribution in [3.8, 4) is 0 Å². The third-order valence-corrected chi connectivity index (χ3v) is 7.13. The summed E-state index contributed by atoms with van der Waals surface area (Å²) in [6.45, 7) is -0.142. The van der Waals surface area contributed by atoms with Crippen LogP contribution in [0.15, 0.2) is 58.6 Å². The lowest BCUT2D eigenvalue weighted by Gasteiger charge is -2.27. The van der Waals surface area contributed by atoms with Crippen molar-refractivity contribution in [1.29, 1.82) is 0 Å². The zero-order chi connectivity index (χ0) is 17.9. The van der Waals surface area contributed by atoms with Crippen molar-refractivity contribution >= 4 is 44.3 Å². The highest BCUT2D eigenvalue weighted by atomic mass is 35.5. The van der Waals surface area contributed by atoms with Crippen molar-refractivity contribution < 1.29 is 13.5 Å². The molecule has 0 unspecified atom stereocenters. The molecule has 0 aliphatic carbocycles. The van der Waals surface area contributed by atoms with Gasteiger partial charge in [0.05, 0.1) is 5.75 Å². The molecule has 4 nitrogen and oxygen atoms in total. The minimum atomic E-state index is -3.66. The topological polar surface area (TPSA) is 66.4 Å². The molecule has 8 heteroatoms. The molecule has 1 atom stereocenters. The molecule has 25 heavy (non-hydrogen) atoms. The van der Waals surface area contributed by atoms with Crippen molar-refractivity contribution in [3.63, 3.8) is 0 Å². The van der Waals surface area contributed by atoms with E-state index >= 15 is 0 Å². The number of hydrogen-bond acceptors (Lipinski definition) is 5. The second kappa shape index (κ2) is 7.57. The zero-order valence-corrected chi connectivity index (χ0v) is 16.3. The van der Waals surface area contributed by atoms with E-state index in [-0.39, 0.29) is 12.3 Å². The second-order valence-electron chi connectivity index (χ2n) is 5.52. The van der Waals surface area contributed by atoms with Crippen LogP contribution in [0.5, 0.6) is 0 Å². The first-order valence-electron chi connectivity index (χ1n) is 7.40. The number of halogens is 1. The molecular formula is C17H16ClNO3S3. The molecule has 0 fully saturated rings. The molecular weight excluding hydrogens is 398 g/mol. The Morgan fingerprint density at radius 3 is 2.56 bits per heavy atom. The summed E-state index contributed by atoms with van der Waals surface area (Å²) in [4.78, 5) is 0.686. The third-order valence-electron chi connectivity index (χ3n) is 3.78. The van der Waals surface area contributed by atoms with Crippen LogP contribution in [0.3, 0.4) is 0 Å². The molecule has 3 aromatic rings. The van der Waals surface area contributed by atoms with Crippen LogP contribution in [-0.4, -0.2) is 20.1 Å². The number of nitrogens with one attached hydrogen (secondary N) is 1. The maximum Gasteiger partial charge on any atom is 0.215 e. The Labute approximate surface area is 159 Å². The molecule has 132 valence electrons. The largest absolute Gasteiger partial charge is 0.378 e. The lowest BCUT2D eigenvalue weighted by molar-refractivity contribution is 0.0903. The normalized spacial score (nSPS) is 14.3. The standard InChI is InChI=1S/C17H16ClNO3S3/c18-15-5-2-1-4-13(15)11-25(21,22)19-12-17(20,14-7-9-23-10-14)16-6-3-8-24-16/h1-10,19-20H,11-12H2/t17-/m0/s1. The first-order valence-corrected chi connectivity index (χ1v) is 11.3. The monoisotopic (exact) mass is 413 g/mol. The Bertz CT molecular complexity index is 888. The highest BCUT2D eigenvalue weighted by molar-refractivity contribution is 7.88. The van der Waals surface area contributed by atoms with Crippen LogP contribution in [0.1, 0.15) is 16.0 Å². The fourth-order valence-electron chi connectivity index (χ4n) is 2.43. The molecule has 1 aromatic carbocycles. The molecule has 2 aromatic heterocycles. The lowest BCUT2D eigenvalue weighted by atomic mass is 9.95. The smallest absolute Gasteiger partial charge is 0.215 e. The minimum absolute atomic E-state index is 0.142. The van der Waals surface area contributed by atoms with Crippen molar-refractivity contribution in [1.82, 2.24) is 4.72 Å². The Balaban J connectivity index is 1.81. The summed E-state index contributed by atoms with van der Waals surface area (Å²) in [6.07, 6.45) is 0. The first-order chi connectivity index (χ1) is 11.9. The van der Waals surface area contributed by atoms with E-state index in [1.165, 1.54) is 22.7 Å². The van der Waals surface area contributed by atoms with Gasteiger partial charge in [0.15, 0.2) is 0 Å². The van der Waals surface area contributed by atoms with Gasteiger partial charge in [-0.15, -0.1) is 11.3 Å². The van der Waals surface area contributed by atoms with E-state index in [4.69, 9.17) is 11.6 Å². The average molecular weight is 414 g/mol. The highest BCUT2D eigenvalue weighted by Gasteiger charge is 2.34. The van der Waals surface area contributed by atoms with Gasteiger partial charge >= 0.3 is 0 Å². The van der Waals surface area contributed by atoms with Gasteiger partial charge in [0.2, 0.25) is 10.0 Å². The Morgan fingerprint density at radius 1 is 1.12 bits per heavy atom. The van der Waals surface area contributed by atoms with Gasteiger partial charge in [-0.25, -0.2) is 13.1 Å². The number of thiophene rings is 2. The summed E-state index contributed by atoms with van der Waals surface area (Å²) in [5.74, 6) is -0.239. The molecule has 0 aliphatic rings. The summed E-state index contributed by atoms with van der Waals surface area (Å²) >= 11 is 8.88. The zero-order valence-electron chi connectivity index (χ0n) is 13.1. The van der Waals surface area contributed by atoms with E-state index < -0.39 is 15.6 Å². The summed E-state index contributed by atoms with van der Waals surface area (Å²) < 4.78 is 27.5. The molecule has 2 heterocycles. The quantitative estimate of drug-likeness (QED) is 0.618. The highest BCUT2D eigenvalue weighted by Crippen LogP contribution is 2.33. The van der Waals surface area contributed by atoms with Crippen LogP contribution in [0.2, 0.25) is 5.02 Å². The maximum atomic E-state index is 12.5. The van der Waals surface area contributed by atoms with Gasteiger partial charge in [-0.2, -0.15) is 11.3 Å². The molecule has 3 rings (SSSR count). The van der Waals surface area contributed by atoms with Crippen LogP contribution in [0.4, 0.5) is 0 Å². The summed E-state index contributed by atoms with van der Waals surface area (Å²) in [7, 11) is -3.66. The van der Waals surface area contributed by atoms with Gasteiger partial charge in [0.1, 0.15) is 5.60 Å². The van der Waals surface area contributed by atoms with E-state index in [9.17, 15) is 13.5 Å². The second-order valence-corrected chi connectivity index (χ2v) is 9.46. The van der Waals surface area contributed by atoms with Crippen LogP contribution in [-0.2, 0) is 21.4 Å². The van der Waals surface area contributed by atoms with Crippen LogP contribution in [0.25, 0.3) is 0 Å². The van der Waals surface area contributed by atoms with Crippen molar-refractivity contribution in [2.24, 2.45) is 0 Å². The van der Waals surface area contributed by atoms with Crippen LogP contribution < -0.4 is 4.72 Å². The Hall–Kier alpha value is -1.22. The van der Waals surface area contributed by atoms with E-state index in [1.54, 1.807) is 36.4 Å². The van der Waals surface area contributed by atoms with E-state index in [2.05, 4.69) is 4.72 Å². The number of sulfonamides is 1. The molecule has 0 spiro atoms. The van der Waals surface area contributed by atoms with Gasteiger partial charge < -0.3 is 5.11 Å². The predicted molar refractivity (Wildman–Crippen MR) is 104 cm³/mol. The minimum Gasteiger partial charge on any atom is -0.378 e. The summed E-state index contributed by atoms with van der Waals surface area (Å²) in [5, 5.41) is 17.1. The van der Waals surface area contributed by atoms with Crippen molar-refractivity contribution in [2.75, 3.05) is 6.54 Å². The molecule has 0 bridgehead atoms. The van der Waals surface area contributed by atoms with Gasteiger partial charge in [-0.1, -0.05) is 35.9 Å². The fraction of sp³-hybridized carbons (Fsp3) is 0.176. The molecule has 0 aliphatic heterocycles. The van der Waals surface area contributed by atoms with Crippen molar-refractivity contribution in [3.05, 3.63) is 79.6 Å². The average Bonchev–Trinajstić information content (AvgIpc) is 3.28. The Morgan fingerprint density at radius 2 is 1.92 bits per heavy atom. The van der Waals surface area contributed by atoms with E-state index in [1.807, 2.05) is 22.2 Å². The molecule has 0 saturated heterocycles. The number of hydrogen-bond donors (Lipinski definition) is 2. The van der Waals surface area contributed by atoms with Gasteiger partial charge in [0, 0.05) is 22.0 Å². The predicted octanol–water partition coefficient (Wildman–Crippen LogP) is 3.82. The molecule has 0 saturated carbocycles. The van der Waals surface area contributed by atoms with Crippen LogP contribution >= 0.6 is 34.3 Å². The van der Waals surface area contributed by atoms with Crippen LogP contribution in [0, 0.1) is 0 Å². The van der Waals surface area contributed by atoms with Crippen molar-refractivity contribution in [2.45, 2.75) is 11.4 Å². The first kappa shape index (κ1) is 18.6. The van der Waals surface area contributed by atoms with E-state index in [0.717, 1.165) is 0 Å². The fourth-order valence-corrected chi connectivity index (χ4v) is 5.47. The number of aliphatic hydroxyl groups is 1. The maximum absolute atomic E-state index is 12.5. The van der Waals surface area contributed by atoms with E-state index in [0.29, 0.717) is 21.0 Å². The lowest BCUT2D eigenvalue weighted by Crippen LogP contribution is -2.41. The molecule has 2 N–H and O–H groups in total. The molecule has 0 radical (unpaired) electrons. The molecule has 0 amide bonds.